The minimum atomic E-state index is -0.276. The summed E-state index contributed by atoms with van der Waals surface area (Å²) in [5, 5.41) is 3.23. The molecule has 1 aromatic carbocycles. The molecule has 5 heteroatoms. The Labute approximate surface area is 126 Å². The molecule has 0 radical (unpaired) electrons. The first-order valence-corrected chi connectivity index (χ1v) is 7.00. The highest BCUT2D eigenvalue weighted by atomic mass is 79.9. The van der Waals surface area contributed by atoms with Gasteiger partial charge in [0, 0.05) is 23.0 Å². The lowest BCUT2D eigenvalue weighted by Gasteiger charge is -2.13. The van der Waals surface area contributed by atoms with Gasteiger partial charge < -0.3 is 10.1 Å². The molecule has 1 aromatic heterocycles. The summed E-state index contributed by atoms with van der Waals surface area (Å²) in [6, 6.07) is 4.82. The van der Waals surface area contributed by atoms with Gasteiger partial charge in [-0.1, -0.05) is 0 Å². The van der Waals surface area contributed by atoms with E-state index in [0.29, 0.717) is 11.0 Å². The van der Waals surface area contributed by atoms with Crippen molar-refractivity contribution in [1.29, 1.82) is 0 Å². The van der Waals surface area contributed by atoms with Crippen molar-refractivity contribution in [1.82, 2.24) is 4.98 Å². The molecule has 3 nitrogen and oxygen atoms in total. The zero-order valence-corrected chi connectivity index (χ0v) is 13.2. The van der Waals surface area contributed by atoms with Crippen LogP contribution in [0, 0.1) is 19.7 Å². The molecular formula is C15H16BrFN2O. The Kier molecular flexibility index (Phi) is 4.60. The third kappa shape index (κ3) is 3.10. The van der Waals surface area contributed by atoms with Gasteiger partial charge in [0.2, 0.25) is 0 Å². The molecule has 20 heavy (non-hydrogen) atoms. The van der Waals surface area contributed by atoms with Crippen LogP contribution in [0.1, 0.15) is 16.8 Å². The smallest absolute Gasteiger partial charge is 0.137 e. The number of aryl methyl sites for hydroxylation is 1. The van der Waals surface area contributed by atoms with E-state index in [9.17, 15) is 4.39 Å². The molecule has 0 spiro atoms. The van der Waals surface area contributed by atoms with Crippen LogP contribution in [0.15, 0.2) is 28.9 Å². The molecule has 0 atom stereocenters. The highest BCUT2D eigenvalue weighted by Gasteiger charge is 2.09. The topological polar surface area (TPSA) is 34.1 Å². The predicted molar refractivity (Wildman–Crippen MR) is 81.7 cm³/mol. The minimum Gasteiger partial charge on any atom is -0.496 e. The summed E-state index contributed by atoms with van der Waals surface area (Å²) in [6.07, 6.45) is 1.80. The normalized spacial score (nSPS) is 10.4. The Balaban J connectivity index is 2.16. The van der Waals surface area contributed by atoms with Crippen LogP contribution >= 0.6 is 15.9 Å². The van der Waals surface area contributed by atoms with Crippen molar-refractivity contribution in [2.45, 2.75) is 20.4 Å². The lowest BCUT2D eigenvalue weighted by molar-refractivity contribution is 0.407. The summed E-state index contributed by atoms with van der Waals surface area (Å²) in [5.74, 6) is 0.582. The molecule has 0 bridgehead atoms. The third-order valence-electron chi connectivity index (χ3n) is 3.13. The third-order valence-corrected chi connectivity index (χ3v) is 3.74. The largest absolute Gasteiger partial charge is 0.496 e. The fourth-order valence-corrected chi connectivity index (χ4v) is 2.42. The number of hydrogen-bond acceptors (Lipinski definition) is 3. The molecule has 0 amide bonds. The molecule has 2 rings (SSSR count). The van der Waals surface area contributed by atoms with E-state index >= 15 is 0 Å². The molecule has 106 valence electrons. The van der Waals surface area contributed by atoms with Gasteiger partial charge in [0.15, 0.2) is 0 Å². The predicted octanol–water partition coefficient (Wildman–Crippen LogP) is 4.22. The van der Waals surface area contributed by atoms with Crippen LogP contribution in [0.4, 0.5) is 10.1 Å². The van der Waals surface area contributed by atoms with Gasteiger partial charge in [-0.25, -0.2) is 4.39 Å². The zero-order chi connectivity index (χ0) is 14.7. The fraction of sp³-hybridized carbons (Fsp3) is 0.267. The number of benzene rings is 1. The number of rotatable bonds is 4. The summed E-state index contributed by atoms with van der Waals surface area (Å²) in [7, 11) is 1.66. The molecule has 0 aliphatic heterocycles. The van der Waals surface area contributed by atoms with Crippen LogP contribution in [0.2, 0.25) is 0 Å². The fourth-order valence-electron chi connectivity index (χ4n) is 2.04. The molecule has 0 saturated heterocycles. The van der Waals surface area contributed by atoms with Crippen molar-refractivity contribution < 1.29 is 9.13 Å². The summed E-state index contributed by atoms with van der Waals surface area (Å²) in [6.45, 7) is 4.50. The molecule has 0 aliphatic rings. The standard InChI is InChI=1S/C15H16BrFN2O/c1-9-7-19-14(10(2)15(9)20-3)8-18-11-4-5-13(17)12(16)6-11/h4-7,18H,8H2,1-3H3. The summed E-state index contributed by atoms with van der Waals surface area (Å²) >= 11 is 3.17. The van der Waals surface area contributed by atoms with Crippen LogP contribution in [-0.4, -0.2) is 12.1 Å². The number of ether oxygens (including phenoxy) is 1. The van der Waals surface area contributed by atoms with Crippen molar-refractivity contribution in [3.8, 4) is 5.75 Å². The second-order valence-electron chi connectivity index (χ2n) is 4.53. The summed E-state index contributed by atoms with van der Waals surface area (Å²) < 4.78 is 19.0. The van der Waals surface area contributed by atoms with Crippen molar-refractivity contribution in [3.63, 3.8) is 0 Å². The average molecular weight is 339 g/mol. The first-order chi connectivity index (χ1) is 9.52. The van der Waals surface area contributed by atoms with E-state index in [1.54, 1.807) is 25.4 Å². The van der Waals surface area contributed by atoms with Crippen LogP contribution in [0.25, 0.3) is 0 Å². The van der Waals surface area contributed by atoms with Crippen LogP contribution in [0.5, 0.6) is 5.75 Å². The number of aromatic nitrogens is 1. The molecule has 0 fully saturated rings. The molecular weight excluding hydrogens is 323 g/mol. The Bertz CT molecular complexity index is 632. The van der Waals surface area contributed by atoms with E-state index in [2.05, 4.69) is 26.2 Å². The summed E-state index contributed by atoms with van der Waals surface area (Å²) in [5.41, 5.74) is 3.77. The molecule has 0 unspecified atom stereocenters. The van der Waals surface area contributed by atoms with E-state index in [-0.39, 0.29) is 5.82 Å². The number of halogens is 2. The Hall–Kier alpha value is -1.62. The van der Waals surface area contributed by atoms with Gasteiger partial charge in [-0.05, 0) is 48.0 Å². The maximum Gasteiger partial charge on any atom is 0.137 e. The highest BCUT2D eigenvalue weighted by Crippen LogP contribution is 2.25. The van der Waals surface area contributed by atoms with Crippen molar-refractivity contribution >= 4 is 21.6 Å². The first-order valence-electron chi connectivity index (χ1n) is 6.21. The maximum atomic E-state index is 13.2. The highest BCUT2D eigenvalue weighted by molar-refractivity contribution is 9.10. The van der Waals surface area contributed by atoms with Crippen molar-refractivity contribution in [3.05, 3.63) is 51.5 Å². The second-order valence-corrected chi connectivity index (χ2v) is 5.38. The van der Waals surface area contributed by atoms with Gasteiger partial charge in [0.25, 0.3) is 0 Å². The SMILES string of the molecule is COc1c(C)cnc(CNc2ccc(F)c(Br)c2)c1C. The summed E-state index contributed by atoms with van der Waals surface area (Å²) in [4.78, 5) is 4.41. The van der Waals surface area contributed by atoms with Crippen LogP contribution in [0.3, 0.4) is 0 Å². The first kappa shape index (κ1) is 14.8. The van der Waals surface area contributed by atoms with Gasteiger partial charge in [-0.2, -0.15) is 0 Å². The number of methoxy groups -OCH3 is 1. The number of anilines is 1. The van der Waals surface area contributed by atoms with Crippen molar-refractivity contribution in [2.24, 2.45) is 0 Å². The van der Waals surface area contributed by atoms with E-state index < -0.39 is 0 Å². The molecule has 1 N–H and O–H groups in total. The number of pyridine rings is 1. The van der Waals surface area contributed by atoms with Crippen molar-refractivity contribution in [2.75, 3.05) is 12.4 Å². The van der Waals surface area contributed by atoms with E-state index in [4.69, 9.17) is 4.74 Å². The monoisotopic (exact) mass is 338 g/mol. The lowest BCUT2D eigenvalue weighted by atomic mass is 10.1. The van der Waals surface area contributed by atoms with Gasteiger partial charge >= 0.3 is 0 Å². The number of hydrogen-bond donors (Lipinski definition) is 1. The molecule has 0 aliphatic carbocycles. The van der Waals surface area contributed by atoms with Crippen LogP contribution < -0.4 is 10.1 Å². The second kappa shape index (κ2) is 6.22. The number of nitrogens with zero attached hydrogens (tertiary/aromatic N) is 1. The van der Waals surface area contributed by atoms with Gasteiger partial charge in [-0.3, -0.25) is 4.98 Å². The zero-order valence-electron chi connectivity index (χ0n) is 11.6. The maximum absolute atomic E-state index is 13.2. The Morgan fingerprint density at radius 3 is 2.75 bits per heavy atom. The van der Waals surface area contributed by atoms with E-state index in [1.807, 2.05) is 13.8 Å². The quantitative estimate of drug-likeness (QED) is 0.906. The van der Waals surface area contributed by atoms with Crippen LogP contribution in [-0.2, 0) is 6.54 Å². The van der Waals surface area contributed by atoms with Gasteiger partial charge in [0.05, 0.1) is 23.8 Å². The lowest BCUT2D eigenvalue weighted by Crippen LogP contribution is -2.06. The minimum absolute atomic E-state index is 0.276. The van der Waals surface area contributed by atoms with E-state index in [1.165, 1.54) is 6.07 Å². The molecule has 0 saturated carbocycles. The van der Waals surface area contributed by atoms with E-state index in [0.717, 1.165) is 28.3 Å². The Morgan fingerprint density at radius 1 is 1.35 bits per heavy atom. The van der Waals surface area contributed by atoms with Gasteiger partial charge in [-0.15, -0.1) is 0 Å². The molecule has 1 heterocycles. The number of nitrogens with one attached hydrogen (secondary N) is 1. The average Bonchev–Trinajstić information content (AvgIpc) is 2.42. The molecule has 2 aromatic rings. The van der Waals surface area contributed by atoms with Gasteiger partial charge in [0.1, 0.15) is 11.6 Å². The Morgan fingerprint density at radius 2 is 2.10 bits per heavy atom.